The quantitative estimate of drug-likeness (QED) is 0.675. The van der Waals surface area contributed by atoms with E-state index < -0.39 is 0 Å². The van der Waals surface area contributed by atoms with Crippen molar-refractivity contribution in [3.8, 4) is 0 Å². The van der Waals surface area contributed by atoms with Crippen LogP contribution in [-0.4, -0.2) is 36.6 Å². The molecule has 2 aromatic heterocycles. The Morgan fingerprint density at radius 2 is 1.88 bits per heavy atom. The number of benzene rings is 1. The van der Waals surface area contributed by atoms with Crippen molar-refractivity contribution in [2.45, 2.75) is 64.3 Å². The molecule has 1 saturated heterocycles. The highest BCUT2D eigenvalue weighted by Gasteiger charge is 2.38. The maximum Gasteiger partial charge on any atom is 0.180 e. The third-order valence-corrected chi connectivity index (χ3v) is 5.09. The average Bonchev–Trinajstić information content (AvgIpc) is 2.96. The molecule has 0 atom stereocenters. The molecule has 0 saturated carbocycles. The first-order chi connectivity index (χ1) is 12.3. The summed E-state index contributed by atoms with van der Waals surface area (Å²) in [4.78, 5) is 9.38. The molecule has 4 rings (SSSR count). The van der Waals surface area contributed by atoms with E-state index in [9.17, 15) is 5.11 Å². The molecule has 138 valence electrons. The lowest BCUT2D eigenvalue weighted by Gasteiger charge is -2.46. The second-order valence-corrected chi connectivity index (χ2v) is 8.66. The van der Waals surface area contributed by atoms with Gasteiger partial charge in [0, 0.05) is 17.1 Å². The molecule has 0 unspecified atom stereocenters. The molecule has 6 nitrogen and oxygen atoms in total. The molecule has 0 bridgehead atoms. The Bertz CT molecular complexity index is 943. The summed E-state index contributed by atoms with van der Waals surface area (Å²) in [6.07, 6.45) is 3.74. The van der Waals surface area contributed by atoms with Gasteiger partial charge in [-0.05, 0) is 52.7 Å². The van der Waals surface area contributed by atoms with Crippen molar-refractivity contribution >= 4 is 22.5 Å². The molecule has 3 aromatic rings. The summed E-state index contributed by atoms with van der Waals surface area (Å²) in [7, 11) is 0. The highest BCUT2D eigenvalue weighted by molar-refractivity contribution is 5.83. The topological polar surface area (TPSA) is 74.5 Å². The van der Waals surface area contributed by atoms with Crippen LogP contribution in [0.2, 0.25) is 0 Å². The number of hydrogen-bond acceptors (Lipinski definition) is 5. The zero-order chi connectivity index (χ0) is 18.5. The summed E-state index contributed by atoms with van der Waals surface area (Å²) in [5, 5.41) is 17.1. The number of imidazole rings is 1. The number of anilines is 1. The predicted octanol–water partition coefficient (Wildman–Crippen LogP) is 3.10. The van der Waals surface area contributed by atoms with Crippen molar-refractivity contribution < 1.29 is 5.11 Å². The van der Waals surface area contributed by atoms with Crippen molar-refractivity contribution in [3.63, 3.8) is 0 Å². The van der Waals surface area contributed by atoms with Gasteiger partial charge in [-0.25, -0.2) is 9.97 Å². The predicted molar refractivity (Wildman–Crippen MR) is 104 cm³/mol. The molecule has 0 spiro atoms. The normalized spacial score (nSPS) is 19.9. The van der Waals surface area contributed by atoms with E-state index in [-0.39, 0.29) is 17.7 Å². The van der Waals surface area contributed by atoms with Crippen LogP contribution in [0, 0.1) is 0 Å². The largest absolute Gasteiger partial charge is 0.390 e. The second-order valence-electron chi connectivity index (χ2n) is 8.66. The molecule has 0 amide bonds. The first-order valence-corrected chi connectivity index (χ1v) is 9.20. The molecule has 1 aliphatic rings. The van der Waals surface area contributed by atoms with Crippen LogP contribution in [0.25, 0.3) is 16.7 Å². The van der Waals surface area contributed by atoms with Gasteiger partial charge < -0.3 is 15.7 Å². The van der Waals surface area contributed by atoms with Crippen LogP contribution >= 0.6 is 0 Å². The fourth-order valence-corrected chi connectivity index (χ4v) is 4.57. The lowest BCUT2D eigenvalue weighted by Crippen LogP contribution is -2.60. The summed E-state index contributed by atoms with van der Waals surface area (Å²) in [5.41, 5.74) is 3.49. The summed E-state index contributed by atoms with van der Waals surface area (Å²) in [5.74, 6) is 0.780. The molecule has 6 heteroatoms. The van der Waals surface area contributed by atoms with Crippen LogP contribution in [0.3, 0.4) is 0 Å². The van der Waals surface area contributed by atoms with Gasteiger partial charge >= 0.3 is 0 Å². The molecular formula is C20H27N5O. The fourth-order valence-electron chi connectivity index (χ4n) is 4.57. The number of aromatic nitrogens is 3. The number of hydrogen-bond donors (Lipinski definition) is 3. The molecule has 0 aliphatic carbocycles. The summed E-state index contributed by atoms with van der Waals surface area (Å²) < 4.78 is 2.00. The first-order valence-electron chi connectivity index (χ1n) is 9.20. The van der Waals surface area contributed by atoms with Gasteiger partial charge in [-0.2, -0.15) is 0 Å². The van der Waals surface area contributed by atoms with E-state index in [1.807, 2.05) is 28.7 Å². The summed E-state index contributed by atoms with van der Waals surface area (Å²) >= 11 is 0. The molecule has 3 heterocycles. The molecule has 1 aliphatic heterocycles. The Labute approximate surface area is 153 Å². The van der Waals surface area contributed by atoms with E-state index in [1.165, 1.54) is 0 Å². The minimum absolute atomic E-state index is 0.0535. The van der Waals surface area contributed by atoms with Gasteiger partial charge in [0.2, 0.25) is 0 Å². The highest BCUT2D eigenvalue weighted by atomic mass is 16.3. The molecule has 0 radical (unpaired) electrons. The lowest BCUT2D eigenvalue weighted by atomic mass is 9.79. The monoisotopic (exact) mass is 353 g/mol. The van der Waals surface area contributed by atoms with Crippen LogP contribution in [0.15, 0.2) is 30.5 Å². The molecule has 1 fully saturated rings. The van der Waals surface area contributed by atoms with E-state index in [4.69, 9.17) is 4.98 Å². The first kappa shape index (κ1) is 17.2. The molecule has 1 aromatic carbocycles. The lowest BCUT2D eigenvalue weighted by molar-refractivity contribution is 0.170. The van der Waals surface area contributed by atoms with E-state index in [1.54, 1.807) is 6.20 Å². The summed E-state index contributed by atoms with van der Waals surface area (Å²) in [6.45, 7) is 8.91. The maximum absolute atomic E-state index is 9.72. The van der Waals surface area contributed by atoms with Gasteiger partial charge in [-0.1, -0.05) is 12.1 Å². The average molecular weight is 353 g/mol. The van der Waals surface area contributed by atoms with Crippen LogP contribution in [0.1, 0.15) is 46.2 Å². The number of fused-ring (bicyclic) bond motifs is 3. The summed E-state index contributed by atoms with van der Waals surface area (Å²) in [6, 6.07) is 8.27. The zero-order valence-corrected chi connectivity index (χ0v) is 15.9. The minimum atomic E-state index is -0.0535. The third kappa shape index (κ3) is 3.04. The molecule has 3 N–H and O–H groups in total. The minimum Gasteiger partial charge on any atom is -0.390 e. The van der Waals surface area contributed by atoms with Crippen LogP contribution in [0.4, 0.5) is 5.82 Å². The maximum atomic E-state index is 9.72. The SMILES string of the molecule is CC1(C)CC(Nc2nc3ccccc3n3c(CO)cnc23)CC(C)(C)N1. The second kappa shape index (κ2) is 5.93. The number of para-hydroxylation sites is 2. The zero-order valence-electron chi connectivity index (χ0n) is 15.9. The Hall–Kier alpha value is -2.18. The van der Waals surface area contributed by atoms with Gasteiger partial charge in [0.25, 0.3) is 0 Å². The number of piperidine rings is 1. The number of aliphatic hydroxyl groups is 1. The van der Waals surface area contributed by atoms with E-state index in [2.05, 4.69) is 43.3 Å². The van der Waals surface area contributed by atoms with Gasteiger partial charge in [-0.3, -0.25) is 4.40 Å². The van der Waals surface area contributed by atoms with E-state index in [0.29, 0.717) is 6.04 Å². The fraction of sp³-hybridized carbons (Fsp3) is 0.500. The molecule has 26 heavy (non-hydrogen) atoms. The Morgan fingerprint density at radius 3 is 2.58 bits per heavy atom. The highest BCUT2D eigenvalue weighted by Crippen LogP contribution is 2.31. The van der Waals surface area contributed by atoms with Crippen molar-refractivity contribution in [3.05, 3.63) is 36.2 Å². The molecular weight excluding hydrogens is 326 g/mol. The van der Waals surface area contributed by atoms with Crippen LogP contribution in [0.5, 0.6) is 0 Å². The number of nitrogens with one attached hydrogen (secondary N) is 2. The smallest absolute Gasteiger partial charge is 0.180 e. The Morgan fingerprint density at radius 1 is 1.19 bits per heavy atom. The van der Waals surface area contributed by atoms with Crippen molar-refractivity contribution in [1.29, 1.82) is 0 Å². The van der Waals surface area contributed by atoms with Crippen LogP contribution in [-0.2, 0) is 6.61 Å². The number of nitrogens with zero attached hydrogens (tertiary/aromatic N) is 3. The van der Waals surface area contributed by atoms with E-state index in [0.717, 1.165) is 41.0 Å². The van der Waals surface area contributed by atoms with Crippen molar-refractivity contribution in [1.82, 2.24) is 19.7 Å². The number of aliphatic hydroxyl groups excluding tert-OH is 1. The standard InChI is InChI=1S/C20H27N5O/c1-19(2)9-13(10-20(3,4)24-19)22-17-18-21-11-14(12-26)25(18)16-8-6-5-7-15(16)23-17/h5-8,11,13,24,26H,9-10,12H2,1-4H3,(H,22,23). The van der Waals surface area contributed by atoms with Crippen LogP contribution < -0.4 is 10.6 Å². The van der Waals surface area contributed by atoms with Gasteiger partial charge in [0.1, 0.15) is 0 Å². The van der Waals surface area contributed by atoms with E-state index >= 15 is 0 Å². The third-order valence-electron chi connectivity index (χ3n) is 5.09. The number of rotatable bonds is 3. The van der Waals surface area contributed by atoms with Gasteiger partial charge in [-0.15, -0.1) is 0 Å². The Kier molecular flexibility index (Phi) is 3.93. The van der Waals surface area contributed by atoms with Crippen molar-refractivity contribution in [2.75, 3.05) is 5.32 Å². The Balaban J connectivity index is 1.80. The van der Waals surface area contributed by atoms with Gasteiger partial charge in [0.15, 0.2) is 11.5 Å². The van der Waals surface area contributed by atoms with Crippen molar-refractivity contribution in [2.24, 2.45) is 0 Å². The van der Waals surface area contributed by atoms with Gasteiger partial charge in [0.05, 0.1) is 29.5 Å².